The highest BCUT2D eigenvalue weighted by Crippen LogP contribution is 2.04. The van der Waals surface area contributed by atoms with E-state index in [1.54, 1.807) is 4.52 Å². The van der Waals surface area contributed by atoms with Crippen molar-refractivity contribution in [3.05, 3.63) is 17.8 Å². The van der Waals surface area contributed by atoms with Crippen molar-refractivity contribution in [1.29, 1.82) is 0 Å². The summed E-state index contributed by atoms with van der Waals surface area (Å²) in [4.78, 5) is 0. The summed E-state index contributed by atoms with van der Waals surface area (Å²) in [5, 5.41) is 12.3. The van der Waals surface area contributed by atoms with Crippen LogP contribution in [0.1, 0.15) is 5.69 Å². The van der Waals surface area contributed by atoms with Crippen molar-refractivity contribution in [2.75, 3.05) is 0 Å². The monoisotopic (exact) mass is 166 g/mol. The van der Waals surface area contributed by atoms with Crippen molar-refractivity contribution in [2.24, 2.45) is 0 Å². The molecular weight excluding hydrogens is 160 g/mol. The van der Waals surface area contributed by atoms with Crippen molar-refractivity contribution >= 4 is 18.3 Å². The average molecular weight is 166 g/mol. The second-order valence-electron chi connectivity index (χ2n) is 2.24. The summed E-state index contributed by atoms with van der Waals surface area (Å²) >= 11 is 4.08. The minimum atomic E-state index is 0.517. The summed E-state index contributed by atoms with van der Waals surface area (Å²) in [6.45, 7) is 1.91. The molecular formula is C6H6N4S. The van der Waals surface area contributed by atoms with Crippen molar-refractivity contribution < 1.29 is 0 Å². The molecule has 0 unspecified atom stereocenters. The molecule has 5 heteroatoms. The standard InChI is InChI=1S/C6H6N4S/c1-4-2-3-5-7-8-6(11)10(5)9-4/h2-3H,1H3,(H,8,11). The van der Waals surface area contributed by atoms with Crippen LogP contribution in [0.2, 0.25) is 0 Å². The van der Waals surface area contributed by atoms with Gasteiger partial charge in [-0.1, -0.05) is 0 Å². The fourth-order valence-electron chi connectivity index (χ4n) is 0.869. The number of thiol groups is 1. The number of hydrogen-bond donors (Lipinski definition) is 1. The Bertz CT molecular complexity index is 394. The molecule has 0 aliphatic rings. The molecule has 0 aliphatic carbocycles. The summed E-state index contributed by atoms with van der Waals surface area (Å²) < 4.78 is 1.60. The molecule has 56 valence electrons. The Morgan fingerprint density at radius 3 is 3.00 bits per heavy atom. The molecule has 0 radical (unpaired) electrons. The highest BCUT2D eigenvalue weighted by Gasteiger charge is 2.00. The number of rotatable bonds is 0. The first-order chi connectivity index (χ1) is 5.27. The van der Waals surface area contributed by atoms with Gasteiger partial charge in [-0.2, -0.15) is 9.61 Å². The second kappa shape index (κ2) is 2.20. The molecule has 4 nitrogen and oxygen atoms in total. The quantitative estimate of drug-likeness (QED) is 0.586. The van der Waals surface area contributed by atoms with Crippen molar-refractivity contribution in [3.63, 3.8) is 0 Å². The maximum absolute atomic E-state index is 4.15. The van der Waals surface area contributed by atoms with Gasteiger partial charge in [-0.3, -0.25) is 0 Å². The van der Waals surface area contributed by atoms with Gasteiger partial charge in [0.25, 0.3) is 0 Å². The van der Waals surface area contributed by atoms with E-state index < -0.39 is 0 Å². The minimum Gasteiger partial charge on any atom is -0.187 e. The van der Waals surface area contributed by atoms with Crippen LogP contribution in [0, 0.1) is 6.92 Å². The predicted octanol–water partition coefficient (Wildman–Crippen LogP) is 0.721. The van der Waals surface area contributed by atoms with E-state index in [0.717, 1.165) is 11.3 Å². The van der Waals surface area contributed by atoms with Gasteiger partial charge in [-0.25, -0.2) is 0 Å². The summed E-state index contributed by atoms with van der Waals surface area (Å²) in [7, 11) is 0. The van der Waals surface area contributed by atoms with Crippen LogP contribution in [0.3, 0.4) is 0 Å². The van der Waals surface area contributed by atoms with Crippen LogP contribution in [0.5, 0.6) is 0 Å². The summed E-state index contributed by atoms with van der Waals surface area (Å²) in [6.07, 6.45) is 0. The smallest absolute Gasteiger partial charge is 0.187 e. The van der Waals surface area contributed by atoms with Gasteiger partial charge in [0, 0.05) is 0 Å². The van der Waals surface area contributed by atoms with Crippen molar-refractivity contribution in [2.45, 2.75) is 12.1 Å². The van der Waals surface area contributed by atoms with Crippen LogP contribution < -0.4 is 0 Å². The van der Waals surface area contributed by atoms with E-state index in [1.807, 2.05) is 19.1 Å². The zero-order chi connectivity index (χ0) is 7.84. The topological polar surface area (TPSA) is 43.1 Å². The summed E-state index contributed by atoms with van der Waals surface area (Å²) in [5.41, 5.74) is 1.65. The molecule has 0 saturated carbocycles. The van der Waals surface area contributed by atoms with E-state index >= 15 is 0 Å². The number of fused-ring (bicyclic) bond motifs is 1. The molecule has 11 heavy (non-hydrogen) atoms. The molecule has 0 bridgehead atoms. The molecule has 0 fully saturated rings. The lowest BCUT2D eigenvalue weighted by Gasteiger charge is -1.92. The third-order valence-electron chi connectivity index (χ3n) is 1.38. The molecule has 2 rings (SSSR count). The highest BCUT2D eigenvalue weighted by molar-refractivity contribution is 7.80. The van der Waals surface area contributed by atoms with Crippen LogP contribution in [-0.2, 0) is 0 Å². The minimum absolute atomic E-state index is 0.517. The fraction of sp³-hybridized carbons (Fsp3) is 0.167. The van der Waals surface area contributed by atoms with Crippen molar-refractivity contribution in [3.8, 4) is 0 Å². The lowest BCUT2D eigenvalue weighted by atomic mass is 10.4. The number of nitrogens with zero attached hydrogens (tertiary/aromatic N) is 4. The fourth-order valence-corrected chi connectivity index (χ4v) is 1.06. The lowest BCUT2D eigenvalue weighted by molar-refractivity contribution is 0.796. The Labute approximate surface area is 68.7 Å². The van der Waals surface area contributed by atoms with Crippen LogP contribution in [-0.4, -0.2) is 19.8 Å². The lowest BCUT2D eigenvalue weighted by Crippen LogP contribution is -1.93. The molecule has 0 aliphatic heterocycles. The first kappa shape index (κ1) is 6.60. The van der Waals surface area contributed by atoms with Gasteiger partial charge in [0.2, 0.25) is 5.16 Å². The number of aromatic nitrogens is 4. The van der Waals surface area contributed by atoms with E-state index in [0.29, 0.717) is 5.16 Å². The molecule has 2 aromatic heterocycles. The molecule has 0 aromatic carbocycles. The van der Waals surface area contributed by atoms with Gasteiger partial charge < -0.3 is 0 Å². The van der Waals surface area contributed by atoms with Gasteiger partial charge in [-0.05, 0) is 19.1 Å². The molecule has 0 saturated heterocycles. The first-order valence-corrected chi connectivity index (χ1v) is 3.60. The van der Waals surface area contributed by atoms with Crippen LogP contribution in [0.25, 0.3) is 5.65 Å². The van der Waals surface area contributed by atoms with Gasteiger partial charge in [0.05, 0.1) is 5.69 Å². The summed E-state index contributed by atoms with van der Waals surface area (Å²) in [5.74, 6) is 0. The zero-order valence-corrected chi connectivity index (χ0v) is 6.79. The molecule has 0 amide bonds. The van der Waals surface area contributed by atoms with Crippen molar-refractivity contribution in [1.82, 2.24) is 19.8 Å². The summed E-state index contributed by atoms with van der Waals surface area (Å²) in [6, 6.07) is 3.74. The van der Waals surface area contributed by atoms with E-state index in [9.17, 15) is 0 Å². The number of hydrogen-bond acceptors (Lipinski definition) is 4. The van der Waals surface area contributed by atoms with E-state index in [4.69, 9.17) is 0 Å². The highest BCUT2D eigenvalue weighted by atomic mass is 32.1. The molecule has 0 N–H and O–H groups in total. The maximum atomic E-state index is 4.15. The van der Waals surface area contributed by atoms with Crippen LogP contribution in [0.15, 0.2) is 17.3 Å². The normalized spacial score (nSPS) is 10.7. The Kier molecular flexibility index (Phi) is 1.32. The third-order valence-corrected chi connectivity index (χ3v) is 1.66. The SMILES string of the molecule is Cc1ccc2nnc(S)n2n1. The van der Waals surface area contributed by atoms with E-state index in [2.05, 4.69) is 27.9 Å². The third kappa shape index (κ3) is 0.970. The van der Waals surface area contributed by atoms with Gasteiger partial charge in [0.15, 0.2) is 5.65 Å². The first-order valence-electron chi connectivity index (χ1n) is 3.15. The Morgan fingerprint density at radius 2 is 2.18 bits per heavy atom. The molecule has 2 heterocycles. The zero-order valence-electron chi connectivity index (χ0n) is 5.89. The average Bonchev–Trinajstić information content (AvgIpc) is 2.33. The molecule has 0 spiro atoms. The Hall–Kier alpha value is -1.10. The maximum Gasteiger partial charge on any atom is 0.209 e. The predicted molar refractivity (Wildman–Crippen MR) is 42.8 cm³/mol. The van der Waals surface area contributed by atoms with Crippen LogP contribution in [0.4, 0.5) is 0 Å². The Balaban J connectivity index is 2.87. The van der Waals surface area contributed by atoms with E-state index in [-0.39, 0.29) is 0 Å². The molecule has 2 aromatic rings. The van der Waals surface area contributed by atoms with Gasteiger partial charge in [-0.15, -0.1) is 22.8 Å². The largest absolute Gasteiger partial charge is 0.209 e. The van der Waals surface area contributed by atoms with E-state index in [1.165, 1.54) is 0 Å². The Morgan fingerprint density at radius 1 is 1.36 bits per heavy atom. The molecule has 0 atom stereocenters. The van der Waals surface area contributed by atoms with Crippen LogP contribution >= 0.6 is 12.6 Å². The second-order valence-corrected chi connectivity index (χ2v) is 2.64. The number of aryl methyl sites for hydroxylation is 1. The van der Waals surface area contributed by atoms with Gasteiger partial charge in [0.1, 0.15) is 0 Å². The van der Waals surface area contributed by atoms with Gasteiger partial charge >= 0.3 is 0 Å².